The highest BCUT2D eigenvalue weighted by atomic mass is 16.5. The first-order valence-corrected chi connectivity index (χ1v) is 5.76. The van der Waals surface area contributed by atoms with E-state index in [0.717, 1.165) is 39.1 Å². The molecule has 3 heteroatoms. The van der Waals surface area contributed by atoms with Gasteiger partial charge in [0.05, 0.1) is 6.61 Å². The van der Waals surface area contributed by atoms with Crippen molar-refractivity contribution in [3.05, 3.63) is 0 Å². The van der Waals surface area contributed by atoms with Crippen molar-refractivity contribution in [1.29, 1.82) is 0 Å². The Morgan fingerprint density at radius 1 is 1.29 bits per heavy atom. The van der Waals surface area contributed by atoms with Crippen LogP contribution >= 0.6 is 0 Å². The first-order valence-electron chi connectivity index (χ1n) is 5.76. The molecule has 0 amide bonds. The quantitative estimate of drug-likeness (QED) is 0.738. The fourth-order valence-corrected chi connectivity index (χ4v) is 1.69. The van der Waals surface area contributed by atoms with Crippen molar-refractivity contribution in [3.63, 3.8) is 0 Å². The number of hydrogen-bond acceptors (Lipinski definition) is 3. The van der Waals surface area contributed by atoms with Crippen LogP contribution in [0.2, 0.25) is 0 Å². The molecule has 0 saturated carbocycles. The van der Waals surface area contributed by atoms with E-state index in [0.29, 0.717) is 12.0 Å². The van der Waals surface area contributed by atoms with Crippen LogP contribution in [-0.2, 0) is 4.74 Å². The second-order valence-corrected chi connectivity index (χ2v) is 4.50. The molecule has 0 aromatic carbocycles. The average molecular weight is 200 g/mol. The van der Waals surface area contributed by atoms with Crippen LogP contribution in [0.1, 0.15) is 26.7 Å². The second-order valence-electron chi connectivity index (χ2n) is 4.50. The van der Waals surface area contributed by atoms with E-state index < -0.39 is 0 Å². The fraction of sp³-hybridized carbons (Fsp3) is 1.00. The molecule has 84 valence electrons. The number of rotatable bonds is 4. The molecule has 1 aliphatic rings. The van der Waals surface area contributed by atoms with E-state index in [-0.39, 0.29) is 0 Å². The molecule has 1 heterocycles. The maximum atomic E-state index is 6.01. The van der Waals surface area contributed by atoms with Crippen molar-refractivity contribution >= 4 is 0 Å². The number of nitrogens with two attached hydrogens (primary N) is 1. The third-order valence-corrected chi connectivity index (χ3v) is 2.95. The third-order valence-electron chi connectivity index (χ3n) is 2.95. The van der Waals surface area contributed by atoms with Crippen molar-refractivity contribution in [2.45, 2.75) is 32.7 Å². The average Bonchev–Trinajstić information content (AvgIpc) is 2.42. The Morgan fingerprint density at radius 2 is 2.07 bits per heavy atom. The predicted molar refractivity (Wildman–Crippen MR) is 59.3 cm³/mol. The van der Waals surface area contributed by atoms with Crippen LogP contribution in [0.15, 0.2) is 0 Å². The monoisotopic (exact) mass is 200 g/mol. The second kappa shape index (κ2) is 6.38. The number of nitrogens with zero attached hydrogens (tertiary/aromatic N) is 1. The van der Waals surface area contributed by atoms with Gasteiger partial charge in [-0.1, -0.05) is 13.8 Å². The van der Waals surface area contributed by atoms with Crippen molar-refractivity contribution in [1.82, 2.24) is 4.90 Å². The molecule has 0 aromatic rings. The lowest BCUT2D eigenvalue weighted by molar-refractivity contribution is 0.140. The summed E-state index contributed by atoms with van der Waals surface area (Å²) in [7, 11) is 0. The third kappa shape index (κ3) is 4.40. The molecule has 0 bridgehead atoms. The van der Waals surface area contributed by atoms with Crippen LogP contribution in [0.3, 0.4) is 0 Å². The molecular formula is C11H24N2O. The van der Waals surface area contributed by atoms with Gasteiger partial charge in [-0.25, -0.2) is 0 Å². The summed E-state index contributed by atoms with van der Waals surface area (Å²) >= 11 is 0. The van der Waals surface area contributed by atoms with Gasteiger partial charge >= 0.3 is 0 Å². The Bertz CT molecular complexity index is 142. The van der Waals surface area contributed by atoms with Crippen LogP contribution in [0.4, 0.5) is 0 Å². The fourth-order valence-electron chi connectivity index (χ4n) is 1.69. The zero-order chi connectivity index (χ0) is 10.4. The highest BCUT2D eigenvalue weighted by Gasteiger charge is 2.12. The first kappa shape index (κ1) is 12.0. The van der Waals surface area contributed by atoms with E-state index in [1.807, 2.05) is 0 Å². The molecule has 1 saturated heterocycles. The van der Waals surface area contributed by atoms with Crippen molar-refractivity contribution in [2.24, 2.45) is 11.7 Å². The molecule has 0 spiro atoms. The Hall–Kier alpha value is -0.120. The SMILES string of the molecule is CC(C)C(N)CCN1CCCOCC1. The van der Waals surface area contributed by atoms with E-state index in [9.17, 15) is 0 Å². The summed E-state index contributed by atoms with van der Waals surface area (Å²) in [5.74, 6) is 0.596. The van der Waals surface area contributed by atoms with Gasteiger partial charge in [-0.15, -0.1) is 0 Å². The van der Waals surface area contributed by atoms with Gasteiger partial charge in [0.25, 0.3) is 0 Å². The molecule has 0 aromatic heterocycles. The Kier molecular flexibility index (Phi) is 5.45. The van der Waals surface area contributed by atoms with Crippen molar-refractivity contribution < 1.29 is 4.74 Å². The minimum absolute atomic E-state index is 0.346. The van der Waals surface area contributed by atoms with Crippen LogP contribution in [0, 0.1) is 5.92 Å². The lowest BCUT2D eigenvalue weighted by atomic mass is 10.0. The van der Waals surface area contributed by atoms with E-state index >= 15 is 0 Å². The molecule has 1 aliphatic heterocycles. The normalized spacial score (nSPS) is 22.3. The van der Waals surface area contributed by atoms with Gasteiger partial charge in [-0.05, 0) is 25.3 Å². The van der Waals surface area contributed by atoms with Crippen molar-refractivity contribution in [3.8, 4) is 0 Å². The Labute approximate surface area is 87.6 Å². The topological polar surface area (TPSA) is 38.5 Å². The van der Waals surface area contributed by atoms with Crippen LogP contribution in [-0.4, -0.2) is 43.8 Å². The number of ether oxygens (including phenoxy) is 1. The highest BCUT2D eigenvalue weighted by molar-refractivity contribution is 4.69. The van der Waals surface area contributed by atoms with Gasteiger partial charge in [0.15, 0.2) is 0 Å². The van der Waals surface area contributed by atoms with Gasteiger partial charge in [0, 0.05) is 25.7 Å². The van der Waals surface area contributed by atoms with Crippen LogP contribution in [0.5, 0.6) is 0 Å². The molecule has 1 rings (SSSR count). The summed E-state index contributed by atoms with van der Waals surface area (Å²) in [6.45, 7) is 9.56. The predicted octanol–water partition coefficient (Wildman–Crippen LogP) is 1.08. The van der Waals surface area contributed by atoms with Crippen molar-refractivity contribution in [2.75, 3.05) is 32.8 Å². The molecule has 1 atom stereocenters. The lowest BCUT2D eigenvalue weighted by Gasteiger charge is -2.22. The molecule has 1 unspecified atom stereocenters. The Balaban J connectivity index is 2.15. The van der Waals surface area contributed by atoms with Gasteiger partial charge in [0.1, 0.15) is 0 Å². The molecular weight excluding hydrogens is 176 g/mol. The van der Waals surface area contributed by atoms with E-state index in [4.69, 9.17) is 10.5 Å². The minimum atomic E-state index is 0.346. The summed E-state index contributed by atoms with van der Waals surface area (Å²) < 4.78 is 5.41. The van der Waals surface area contributed by atoms with Gasteiger partial charge in [-0.3, -0.25) is 0 Å². The molecule has 2 N–H and O–H groups in total. The smallest absolute Gasteiger partial charge is 0.0593 e. The van der Waals surface area contributed by atoms with Gasteiger partial charge < -0.3 is 15.4 Å². The van der Waals surface area contributed by atoms with Crippen LogP contribution in [0.25, 0.3) is 0 Å². The minimum Gasteiger partial charge on any atom is -0.380 e. The standard InChI is InChI=1S/C11H24N2O/c1-10(2)11(12)4-6-13-5-3-8-14-9-7-13/h10-11H,3-9,12H2,1-2H3. The zero-order valence-electron chi connectivity index (χ0n) is 9.54. The van der Waals surface area contributed by atoms with E-state index in [1.54, 1.807) is 0 Å². The summed E-state index contributed by atoms with van der Waals surface area (Å²) in [5, 5.41) is 0. The molecule has 14 heavy (non-hydrogen) atoms. The van der Waals surface area contributed by atoms with Gasteiger partial charge in [-0.2, -0.15) is 0 Å². The molecule has 1 fully saturated rings. The molecule has 3 nitrogen and oxygen atoms in total. The largest absolute Gasteiger partial charge is 0.380 e. The zero-order valence-corrected chi connectivity index (χ0v) is 9.54. The van der Waals surface area contributed by atoms with E-state index in [2.05, 4.69) is 18.7 Å². The molecule has 0 radical (unpaired) electrons. The maximum absolute atomic E-state index is 6.01. The molecule has 0 aliphatic carbocycles. The summed E-state index contributed by atoms with van der Waals surface area (Å²) in [6.07, 6.45) is 2.27. The number of hydrogen-bond donors (Lipinski definition) is 1. The summed E-state index contributed by atoms with van der Waals surface area (Å²) in [6, 6.07) is 0.346. The summed E-state index contributed by atoms with van der Waals surface area (Å²) in [5.41, 5.74) is 6.01. The van der Waals surface area contributed by atoms with Gasteiger partial charge in [0.2, 0.25) is 0 Å². The lowest BCUT2D eigenvalue weighted by Crippen LogP contribution is -2.34. The summed E-state index contributed by atoms with van der Waals surface area (Å²) in [4.78, 5) is 2.47. The van der Waals surface area contributed by atoms with Crippen LogP contribution < -0.4 is 5.73 Å². The first-order chi connectivity index (χ1) is 6.70. The maximum Gasteiger partial charge on any atom is 0.0593 e. The highest BCUT2D eigenvalue weighted by Crippen LogP contribution is 2.06. The van der Waals surface area contributed by atoms with E-state index in [1.165, 1.54) is 6.54 Å². The Morgan fingerprint density at radius 3 is 2.79 bits per heavy atom.